The highest BCUT2D eigenvalue weighted by Gasteiger charge is 2.38. The summed E-state index contributed by atoms with van der Waals surface area (Å²) < 4.78 is 68.6. The van der Waals surface area contributed by atoms with Crippen molar-refractivity contribution in [2.24, 2.45) is 0 Å². The third-order valence-electron chi connectivity index (χ3n) is 6.22. The van der Waals surface area contributed by atoms with Crippen LogP contribution in [0.15, 0.2) is 17.2 Å². The van der Waals surface area contributed by atoms with Crippen molar-refractivity contribution in [3.63, 3.8) is 0 Å². The summed E-state index contributed by atoms with van der Waals surface area (Å²) in [5, 5.41) is 10.6. The molecule has 2 fully saturated rings. The van der Waals surface area contributed by atoms with Gasteiger partial charge in [0.2, 0.25) is 10.0 Å². The molecule has 0 spiro atoms. The van der Waals surface area contributed by atoms with Gasteiger partial charge in [-0.3, -0.25) is 4.40 Å². The molecule has 5 heterocycles. The number of fused-ring (bicyclic) bond motifs is 1. The number of pyridine rings is 1. The Kier molecular flexibility index (Phi) is 7.63. The fraction of sp³-hybridized carbons (Fsp3) is 0.591. The lowest BCUT2D eigenvalue weighted by Gasteiger charge is -2.38. The van der Waals surface area contributed by atoms with Gasteiger partial charge < -0.3 is 19.7 Å². The molecule has 5 rings (SSSR count). The van der Waals surface area contributed by atoms with Crippen molar-refractivity contribution < 1.29 is 26.7 Å². The van der Waals surface area contributed by atoms with Crippen molar-refractivity contribution in [2.45, 2.75) is 49.8 Å². The molecule has 11 nitrogen and oxygen atoms in total. The summed E-state index contributed by atoms with van der Waals surface area (Å²) in [5.74, 6) is 0.126. The van der Waals surface area contributed by atoms with E-state index in [4.69, 9.17) is 21.1 Å². The second-order valence-electron chi connectivity index (χ2n) is 9.89. The molecule has 3 aromatic rings. The van der Waals surface area contributed by atoms with Gasteiger partial charge in [-0.15, -0.1) is 10.2 Å². The second kappa shape index (κ2) is 10.5. The minimum atomic E-state index is -4.01. The Hall–Kier alpha value is -2.01. The number of piperazine rings is 1. The molecule has 0 radical (unpaired) electrons. The molecular weight excluding hydrogens is 564 g/mol. The Labute approximate surface area is 227 Å². The Morgan fingerprint density at radius 3 is 2.76 bits per heavy atom. The van der Waals surface area contributed by atoms with Gasteiger partial charge >= 0.3 is 0 Å². The minimum absolute atomic E-state index is 0.00597. The number of hydrogen-bond acceptors (Lipinski definition) is 10. The van der Waals surface area contributed by atoms with Crippen molar-refractivity contribution in [1.29, 1.82) is 0 Å². The van der Waals surface area contributed by atoms with Gasteiger partial charge in [-0.05, 0) is 26.8 Å². The van der Waals surface area contributed by atoms with E-state index in [-0.39, 0.29) is 46.2 Å². The number of sulfonamides is 1. The fourth-order valence-corrected chi connectivity index (χ4v) is 6.74. The van der Waals surface area contributed by atoms with Crippen molar-refractivity contribution in [3.8, 4) is 10.8 Å². The number of nitrogens with one attached hydrogen (secondary N) is 2. The summed E-state index contributed by atoms with van der Waals surface area (Å²) in [7, 11) is -4.01. The Morgan fingerprint density at radius 1 is 1.37 bits per heavy atom. The zero-order valence-corrected chi connectivity index (χ0v) is 23.3. The van der Waals surface area contributed by atoms with Gasteiger partial charge in [0, 0.05) is 31.9 Å². The first kappa shape index (κ1) is 27.6. The number of ether oxygens (including phenoxy) is 2. The molecule has 0 bridgehead atoms. The van der Waals surface area contributed by atoms with E-state index in [9.17, 15) is 17.2 Å². The topological polar surface area (TPSA) is 123 Å². The molecule has 2 saturated heterocycles. The Balaban J connectivity index is 1.62. The normalized spacial score (nSPS) is 20.0. The lowest BCUT2D eigenvalue weighted by Crippen LogP contribution is -2.59. The first-order chi connectivity index (χ1) is 18.0. The van der Waals surface area contributed by atoms with E-state index in [0.717, 1.165) is 0 Å². The molecule has 0 aromatic carbocycles. The van der Waals surface area contributed by atoms with Gasteiger partial charge in [-0.2, -0.15) is 0 Å². The van der Waals surface area contributed by atoms with E-state index in [1.54, 1.807) is 13.0 Å². The van der Waals surface area contributed by atoms with Crippen LogP contribution >= 0.6 is 22.9 Å². The van der Waals surface area contributed by atoms with Crippen LogP contribution in [0.25, 0.3) is 16.3 Å². The highest BCUT2D eigenvalue weighted by molar-refractivity contribution is 7.89. The number of halogens is 3. The number of aromatic nitrogens is 4. The Morgan fingerprint density at radius 2 is 2.13 bits per heavy atom. The number of nitrogens with zero attached hydrogens (tertiary/aromatic N) is 5. The Bertz CT molecular complexity index is 1430. The van der Waals surface area contributed by atoms with Crippen LogP contribution in [0.2, 0.25) is 5.15 Å². The zero-order chi connectivity index (χ0) is 27.2. The van der Waals surface area contributed by atoms with Crippen molar-refractivity contribution in [1.82, 2.24) is 29.6 Å². The third-order valence-corrected chi connectivity index (χ3v) is 9.02. The molecule has 2 N–H and O–H groups in total. The molecule has 2 aliphatic heterocycles. The van der Waals surface area contributed by atoms with E-state index in [1.807, 2.05) is 18.7 Å². The summed E-state index contributed by atoms with van der Waals surface area (Å²) in [5.41, 5.74) is 0.252. The first-order valence-electron chi connectivity index (χ1n) is 12.0. The van der Waals surface area contributed by atoms with Crippen LogP contribution in [0.4, 0.5) is 14.5 Å². The summed E-state index contributed by atoms with van der Waals surface area (Å²) in [6, 6.07) is 1.56. The number of rotatable bonds is 9. The number of alkyl halides is 2. The molecule has 38 heavy (non-hydrogen) atoms. The average Bonchev–Trinajstić information content (AvgIpc) is 3.46. The van der Waals surface area contributed by atoms with Crippen LogP contribution in [-0.2, 0) is 19.5 Å². The minimum Gasteiger partial charge on any atom is -0.377 e. The molecular formula is C22H28ClF2N7O4S2. The summed E-state index contributed by atoms with van der Waals surface area (Å²) in [4.78, 5) is 6.37. The van der Waals surface area contributed by atoms with E-state index >= 15 is 0 Å². The third kappa shape index (κ3) is 5.50. The molecule has 1 unspecified atom stereocenters. The standard InChI is InChI=1S/C22H28ClF2N7O4S2/c1-12(2)36-9-13-7-31(5-4-26-13)15-6-14(38(33,34)30-22(3)10-35-11-22)8-32-16(15)17(23)27-19(32)21-29-28-20(37-21)18(24)25/h6,8,12-13,18,26,30H,4-5,7,9-11H2,1-3H3. The van der Waals surface area contributed by atoms with Crippen molar-refractivity contribution >= 4 is 44.2 Å². The molecule has 16 heteroatoms. The number of anilines is 1. The SMILES string of the molecule is CC(C)OCC1CN(c2cc(S(=O)(=O)NC3(C)COC3)cn3c(-c4nnc(C(F)F)s4)nc(Cl)c23)CCN1. The number of hydrogen-bond donors (Lipinski definition) is 2. The van der Waals surface area contributed by atoms with Crippen LogP contribution in [0.5, 0.6) is 0 Å². The summed E-state index contributed by atoms with van der Waals surface area (Å²) >= 11 is 7.27. The monoisotopic (exact) mass is 591 g/mol. The van der Waals surface area contributed by atoms with Crippen molar-refractivity contribution in [3.05, 3.63) is 22.4 Å². The smallest absolute Gasteiger partial charge is 0.291 e. The largest absolute Gasteiger partial charge is 0.377 e. The maximum atomic E-state index is 13.5. The van der Waals surface area contributed by atoms with Gasteiger partial charge in [0.1, 0.15) is 10.4 Å². The highest BCUT2D eigenvalue weighted by atomic mass is 35.5. The molecule has 3 aromatic heterocycles. The van der Waals surface area contributed by atoms with Crippen LogP contribution in [0, 0.1) is 0 Å². The lowest BCUT2D eigenvalue weighted by atomic mass is 10.0. The maximum Gasteiger partial charge on any atom is 0.291 e. The fourth-order valence-electron chi connectivity index (χ4n) is 4.39. The molecule has 0 saturated carbocycles. The lowest BCUT2D eigenvalue weighted by molar-refractivity contribution is -0.0523. The van der Waals surface area contributed by atoms with Gasteiger partial charge in [0.25, 0.3) is 6.43 Å². The van der Waals surface area contributed by atoms with Crippen LogP contribution in [-0.4, -0.2) is 85.1 Å². The molecule has 208 valence electrons. The summed E-state index contributed by atoms with van der Waals surface area (Å²) in [6.45, 7) is 8.38. The van der Waals surface area contributed by atoms with Gasteiger partial charge in [0.15, 0.2) is 21.0 Å². The van der Waals surface area contributed by atoms with E-state index < -0.39 is 27.0 Å². The van der Waals surface area contributed by atoms with E-state index in [0.29, 0.717) is 48.8 Å². The molecule has 1 atom stereocenters. The van der Waals surface area contributed by atoms with Crippen LogP contribution in [0.3, 0.4) is 0 Å². The quantitative estimate of drug-likeness (QED) is 0.387. The van der Waals surface area contributed by atoms with E-state index in [2.05, 4.69) is 25.2 Å². The van der Waals surface area contributed by atoms with E-state index in [1.165, 1.54) is 10.6 Å². The maximum absolute atomic E-state index is 13.5. The predicted octanol–water partition coefficient (Wildman–Crippen LogP) is 2.71. The highest BCUT2D eigenvalue weighted by Crippen LogP contribution is 2.37. The summed E-state index contributed by atoms with van der Waals surface area (Å²) in [6.07, 6.45) is -1.36. The van der Waals surface area contributed by atoms with Gasteiger partial charge in [-0.25, -0.2) is 26.9 Å². The molecule has 0 amide bonds. The van der Waals surface area contributed by atoms with Crippen molar-refractivity contribution in [2.75, 3.05) is 44.4 Å². The zero-order valence-electron chi connectivity index (χ0n) is 20.9. The van der Waals surface area contributed by atoms with Gasteiger partial charge in [-0.1, -0.05) is 22.9 Å². The first-order valence-corrected chi connectivity index (χ1v) is 14.7. The average molecular weight is 592 g/mol. The number of imidazole rings is 1. The van der Waals surface area contributed by atoms with Crippen LogP contribution < -0.4 is 14.9 Å². The molecule has 2 aliphatic rings. The van der Waals surface area contributed by atoms with Gasteiger partial charge in [0.05, 0.1) is 37.2 Å². The molecule has 0 aliphatic carbocycles. The van der Waals surface area contributed by atoms with Crippen LogP contribution in [0.1, 0.15) is 32.2 Å². The second-order valence-corrected chi connectivity index (χ2v) is 12.9. The predicted molar refractivity (Wildman–Crippen MR) is 139 cm³/mol.